The van der Waals surface area contributed by atoms with E-state index in [1.54, 1.807) is 14.0 Å². The van der Waals surface area contributed by atoms with Gasteiger partial charge < -0.3 is 19.5 Å². The maximum atomic E-state index is 11.9. The van der Waals surface area contributed by atoms with Gasteiger partial charge in [0.1, 0.15) is 0 Å². The van der Waals surface area contributed by atoms with Crippen molar-refractivity contribution in [2.75, 3.05) is 26.7 Å². The molecule has 1 aliphatic heterocycles. The third-order valence-corrected chi connectivity index (χ3v) is 3.52. The van der Waals surface area contributed by atoms with Gasteiger partial charge in [-0.25, -0.2) is 0 Å². The van der Waals surface area contributed by atoms with Gasteiger partial charge in [-0.1, -0.05) is 5.16 Å². The Kier molecular flexibility index (Phi) is 5.74. The smallest absolute Gasteiger partial charge is 0.310 e. The second-order valence-electron chi connectivity index (χ2n) is 5.17. The van der Waals surface area contributed by atoms with Crippen molar-refractivity contribution in [1.29, 1.82) is 0 Å². The number of carbonyl (C=O) groups excluding carboxylic acids is 1. The van der Waals surface area contributed by atoms with Gasteiger partial charge in [0.25, 0.3) is 0 Å². The van der Waals surface area contributed by atoms with Crippen LogP contribution < -0.4 is 5.32 Å². The van der Waals surface area contributed by atoms with E-state index in [1.165, 1.54) is 0 Å². The van der Waals surface area contributed by atoms with Crippen LogP contribution in [0.5, 0.6) is 0 Å². The van der Waals surface area contributed by atoms with Crippen LogP contribution in [0.4, 0.5) is 0 Å². The van der Waals surface area contributed by atoms with Crippen molar-refractivity contribution < 1.29 is 14.1 Å². The number of nitrogens with one attached hydrogen (secondary N) is 1. The van der Waals surface area contributed by atoms with Crippen molar-refractivity contribution in [2.24, 2.45) is 10.9 Å². The van der Waals surface area contributed by atoms with Crippen molar-refractivity contribution in [3.63, 3.8) is 0 Å². The summed E-state index contributed by atoms with van der Waals surface area (Å²) in [5, 5.41) is 6.94. The minimum atomic E-state index is -0.129. The van der Waals surface area contributed by atoms with Crippen molar-refractivity contribution in [1.82, 2.24) is 20.4 Å². The molecule has 0 aromatic carbocycles. The monoisotopic (exact) mass is 309 g/mol. The number of aryl methyl sites for hydroxylation is 1. The number of likely N-dealkylation sites (tertiary alicyclic amines) is 1. The summed E-state index contributed by atoms with van der Waals surface area (Å²) in [4.78, 5) is 22.4. The fourth-order valence-corrected chi connectivity index (χ4v) is 2.52. The van der Waals surface area contributed by atoms with E-state index in [0.29, 0.717) is 31.4 Å². The summed E-state index contributed by atoms with van der Waals surface area (Å²) in [7, 11) is 1.72. The first-order valence-corrected chi connectivity index (χ1v) is 7.55. The van der Waals surface area contributed by atoms with Crippen molar-refractivity contribution in [3.8, 4) is 0 Å². The minimum absolute atomic E-state index is 0.0992. The molecule has 8 heteroatoms. The van der Waals surface area contributed by atoms with Gasteiger partial charge in [0.2, 0.25) is 5.89 Å². The summed E-state index contributed by atoms with van der Waals surface area (Å²) in [6.45, 7) is 5.90. The Morgan fingerprint density at radius 1 is 1.59 bits per heavy atom. The van der Waals surface area contributed by atoms with Crippen LogP contribution >= 0.6 is 0 Å². The summed E-state index contributed by atoms with van der Waals surface area (Å²) >= 11 is 0. The van der Waals surface area contributed by atoms with Gasteiger partial charge in [-0.05, 0) is 26.7 Å². The van der Waals surface area contributed by atoms with E-state index >= 15 is 0 Å². The number of guanidine groups is 1. The molecule has 1 aromatic rings. The second-order valence-corrected chi connectivity index (χ2v) is 5.17. The van der Waals surface area contributed by atoms with Gasteiger partial charge in [0.05, 0.1) is 19.1 Å². The molecule has 122 valence electrons. The lowest BCUT2D eigenvalue weighted by Gasteiger charge is -2.33. The third-order valence-electron chi connectivity index (χ3n) is 3.52. The Labute approximate surface area is 129 Å². The van der Waals surface area contributed by atoms with E-state index in [1.807, 2.05) is 6.92 Å². The largest absolute Gasteiger partial charge is 0.466 e. The average Bonchev–Trinajstić information content (AvgIpc) is 2.94. The number of aliphatic imine (C=N–C) groups is 1. The van der Waals surface area contributed by atoms with Crippen molar-refractivity contribution in [2.45, 2.75) is 33.2 Å². The number of carbonyl (C=O) groups is 1. The number of esters is 1. The molecule has 0 aliphatic carbocycles. The molecule has 1 saturated heterocycles. The van der Waals surface area contributed by atoms with Crippen LogP contribution in [-0.4, -0.2) is 53.7 Å². The van der Waals surface area contributed by atoms with Gasteiger partial charge in [0.15, 0.2) is 11.8 Å². The minimum Gasteiger partial charge on any atom is -0.466 e. The first-order valence-electron chi connectivity index (χ1n) is 7.55. The topological polar surface area (TPSA) is 92.8 Å². The lowest BCUT2D eigenvalue weighted by Crippen LogP contribution is -2.48. The predicted molar refractivity (Wildman–Crippen MR) is 80.2 cm³/mol. The number of piperidine rings is 1. The summed E-state index contributed by atoms with van der Waals surface area (Å²) in [6, 6.07) is 0. The molecule has 2 rings (SSSR count). The maximum absolute atomic E-state index is 11.9. The van der Waals surface area contributed by atoms with Gasteiger partial charge in [-0.2, -0.15) is 4.98 Å². The molecular weight excluding hydrogens is 286 g/mol. The normalized spacial score (nSPS) is 19.1. The highest BCUT2D eigenvalue weighted by molar-refractivity contribution is 5.81. The van der Waals surface area contributed by atoms with Crippen LogP contribution in [0.25, 0.3) is 0 Å². The second kappa shape index (κ2) is 7.77. The number of hydrogen-bond donors (Lipinski definition) is 1. The van der Waals surface area contributed by atoms with Crippen molar-refractivity contribution >= 4 is 11.9 Å². The Bertz CT molecular complexity index is 528. The third kappa shape index (κ3) is 4.19. The fraction of sp³-hybridized carbons (Fsp3) is 0.714. The molecule has 2 heterocycles. The summed E-state index contributed by atoms with van der Waals surface area (Å²) in [6.07, 6.45) is 1.79. The molecule has 1 aromatic heterocycles. The molecule has 0 bridgehead atoms. The molecule has 0 unspecified atom stereocenters. The van der Waals surface area contributed by atoms with Crippen LogP contribution in [0.15, 0.2) is 9.52 Å². The Morgan fingerprint density at radius 3 is 3.05 bits per heavy atom. The van der Waals surface area contributed by atoms with Crippen LogP contribution in [0.1, 0.15) is 31.5 Å². The Morgan fingerprint density at radius 2 is 2.41 bits per heavy atom. The first kappa shape index (κ1) is 16.3. The number of ether oxygens (including phenoxy) is 1. The number of nitrogens with zero attached hydrogens (tertiary/aromatic N) is 4. The maximum Gasteiger partial charge on any atom is 0.310 e. The summed E-state index contributed by atoms with van der Waals surface area (Å²) < 4.78 is 10.2. The lowest BCUT2D eigenvalue weighted by molar-refractivity contribution is -0.149. The molecule has 1 N–H and O–H groups in total. The van der Waals surface area contributed by atoms with Crippen LogP contribution in [0, 0.1) is 12.8 Å². The highest BCUT2D eigenvalue weighted by atomic mass is 16.5. The Hall–Kier alpha value is -2.12. The molecule has 1 aliphatic rings. The zero-order chi connectivity index (χ0) is 15.9. The number of aromatic nitrogens is 2. The molecule has 0 spiro atoms. The van der Waals surface area contributed by atoms with E-state index in [9.17, 15) is 4.79 Å². The molecule has 0 radical (unpaired) electrons. The van der Waals surface area contributed by atoms with E-state index in [0.717, 1.165) is 25.3 Å². The summed E-state index contributed by atoms with van der Waals surface area (Å²) in [5.74, 6) is 1.61. The zero-order valence-electron chi connectivity index (χ0n) is 13.3. The Balaban J connectivity index is 1.91. The molecule has 0 saturated carbocycles. The van der Waals surface area contributed by atoms with Crippen molar-refractivity contribution in [3.05, 3.63) is 11.7 Å². The van der Waals surface area contributed by atoms with E-state index in [2.05, 4.69) is 25.3 Å². The van der Waals surface area contributed by atoms with Gasteiger partial charge >= 0.3 is 5.97 Å². The highest BCUT2D eigenvalue weighted by Gasteiger charge is 2.28. The van der Waals surface area contributed by atoms with Crippen LogP contribution in [0.3, 0.4) is 0 Å². The van der Waals surface area contributed by atoms with Gasteiger partial charge in [-0.15, -0.1) is 0 Å². The molecule has 22 heavy (non-hydrogen) atoms. The molecule has 0 amide bonds. The standard InChI is InChI=1S/C14H23N5O3/c1-4-21-13(20)11-6-5-7-19(9-11)14(15-3)16-8-12-17-10(2)18-22-12/h11H,4-9H2,1-3H3,(H,15,16)/t11-/m0/s1. The zero-order valence-corrected chi connectivity index (χ0v) is 13.3. The van der Waals surface area contributed by atoms with E-state index in [4.69, 9.17) is 9.26 Å². The molecule has 1 atom stereocenters. The quantitative estimate of drug-likeness (QED) is 0.498. The number of hydrogen-bond acceptors (Lipinski definition) is 6. The summed E-state index contributed by atoms with van der Waals surface area (Å²) in [5.41, 5.74) is 0. The highest BCUT2D eigenvalue weighted by Crippen LogP contribution is 2.18. The van der Waals surface area contributed by atoms with E-state index < -0.39 is 0 Å². The SMILES string of the molecule is CCOC(=O)[C@H]1CCCN(C(=NC)NCc2nc(C)no2)C1. The van der Waals surface area contributed by atoms with Crippen LogP contribution in [0.2, 0.25) is 0 Å². The lowest BCUT2D eigenvalue weighted by atomic mass is 9.98. The van der Waals surface area contributed by atoms with Crippen LogP contribution in [-0.2, 0) is 16.1 Å². The fourth-order valence-electron chi connectivity index (χ4n) is 2.52. The molecule has 8 nitrogen and oxygen atoms in total. The molecular formula is C14H23N5O3. The molecule has 1 fully saturated rings. The van der Waals surface area contributed by atoms with E-state index in [-0.39, 0.29) is 11.9 Å². The predicted octanol–water partition coefficient (Wildman–Crippen LogP) is 0.729. The average molecular weight is 309 g/mol. The van der Waals surface area contributed by atoms with Gasteiger partial charge in [-0.3, -0.25) is 9.79 Å². The van der Waals surface area contributed by atoms with Gasteiger partial charge in [0, 0.05) is 20.1 Å². The number of rotatable bonds is 4. The first-order chi connectivity index (χ1) is 10.6.